The number of aliphatic hydroxyl groups is 2. The van der Waals surface area contributed by atoms with Crippen molar-refractivity contribution in [3.05, 3.63) is 29.3 Å². The van der Waals surface area contributed by atoms with Gasteiger partial charge in [0.25, 0.3) is 0 Å². The second kappa shape index (κ2) is 5.72. The molecule has 0 amide bonds. The van der Waals surface area contributed by atoms with Gasteiger partial charge in [-0.15, -0.1) is 0 Å². The lowest BCUT2D eigenvalue weighted by Gasteiger charge is -2.26. The van der Waals surface area contributed by atoms with Crippen molar-refractivity contribution in [1.82, 2.24) is 0 Å². The first-order chi connectivity index (χ1) is 8.21. The number of benzene rings is 1. The summed E-state index contributed by atoms with van der Waals surface area (Å²) in [6, 6.07) is 5.59. The Kier molecular flexibility index (Phi) is 4.77. The van der Waals surface area contributed by atoms with Crippen LogP contribution in [0.5, 0.6) is 5.75 Å². The molecule has 0 radical (unpaired) electrons. The third kappa shape index (κ3) is 4.00. The summed E-state index contributed by atoms with van der Waals surface area (Å²) in [5.74, 6) is 0.753. The molecule has 2 N–H and O–H groups in total. The Morgan fingerprint density at radius 2 is 1.83 bits per heavy atom. The summed E-state index contributed by atoms with van der Waals surface area (Å²) in [7, 11) is 0. The Bertz CT molecular complexity index is 391. The molecule has 0 fully saturated rings. The maximum atomic E-state index is 9.92. The molecule has 0 aromatic heterocycles. The van der Waals surface area contributed by atoms with Gasteiger partial charge in [0.05, 0.1) is 12.2 Å². The highest BCUT2D eigenvalue weighted by molar-refractivity contribution is 5.36. The van der Waals surface area contributed by atoms with Crippen LogP contribution < -0.4 is 4.74 Å². The third-order valence-corrected chi connectivity index (χ3v) is 3.08. The lowest BCUT2D eigenvalue weighted by atomic mass is 9.90. The van der Waals surface area contributed by atoms with Crippen molar-refractivity contribution in [3.8, 4) is 5.75 Å². The minimum absolute atomic E-state index is 0.187. The van der Waals surface area contributed by atoms with Crippen LogP contribution in [0, 0.1) is 12.3 Å². The molecule has 0 aliphatic rings. The Morgan fingerprint density at radius 1 is 1.22 bits per heavy atom. The first-order valence-corrected chi connectivity index (χ1v) is 6.31. The van der Waals surface area contributed by atoms with Crippen LogP contribution >= 0.6 is 0 Å². The van der Waals surface area contributed by atoms with Gasteiger partial charge in [-0.2, -0.15) is 0 Å². The minimum atomic E-state index is -0.506. The lowest BCUT2D eigenvalue weighted by Crippen LogP contribution is -2.32. The largest absolute Gasteiger partial charge is 0.491 e. The van der Waals surface area contributed by atoms with Gasteiger partial charge >= 0.3 is 0 Å². The van der Waals surface area contributed by atoms with Crippen molar-refractivity contribution in [3.63, 3.8) is 0 Å². The first kappa shape index (κ1) is 15.0. The van der Waals surface area contributed by atoms with E-state index < -0.39 is 12.2 Å². The van der Waals surface area contributed by atoms with Gasteiger partial charge in [-0.1, -0.05) is 26.8 Å². The van der Waals surface area contributed by atoms with E-state index in [0.717, 1.165) is 16.9 Å². The van der Waals surface area contributed by atoms with Gasteiger partial charge in [-0.05, 0) is 42.5 Å². The van der Waals surface area contributed by atoms with E-state index in [0.29, 0.717) is 0 Å². The molecule has 0 saturated heterocycles. The van der Waals surface area contributed by atoms with E-state index in [1.807, 2.05) is 45.9 Å². The molecule has 0 saturated carbocycles. The van der Waals surface area contributed by atoms with Crippen LogP contribution in [0.15, 0.2) is 18.2 Å². The van der Waals surface area contributed by atoms with Gasteiger partial charge in [0.2, 0.25) is 0 Å². The zero-order valence-corrected chi connectivity index (χ0v) is 11.9. The smallest absolute Gasteiger partial charge is 0.122 e. The zero-order chi connectivity index (χ0) is 13.9. The SMILES string of the molecule is Cc1cc([C@@H](C)O)ccc1OCC(O)C(C)(C)C. The maximum Gasteiger partial charge on any atom is 0.122 e. The van der Waals surface area contributed by atoms with E-state index in [1.165, 1.54) is 0 Å². The summed E-state index contributed by atoms with van der Waals surface area (Å²) >= 11 is 0. The highest BCUT2D eigenvalue weighted by Crippen LogP contribution is 2.24. The highest BCUT2D eigenvalue weighted by Gasteiger charge is 2.22. The standard InChI is InChI=1S/C15H24O3/c1-10-8-12(11(2)16)6-7-13(10)18-9-14(17)15(3,4)5/h6-8,11,14,16-17H,9H2,1-5H3/t11-,14?/m1/s1. The number of aliphatic hydroxyl groups excluding tert-OH is 2. The number of hydrogen-bond donors (Lipinski definition) is 2. The van der Waals surface area contributed by atoms with Gasteiger partial charge in [-0.3, -0.25) is 0 Å². The quantitative estimate of drug-likeness (QED) is 0.866. The fourth-order valence-corrected chi connectivity index (χ4v) is 1.51. The summed E-state index contributed by atoms with van der Waals surface area (Å²) in [5, 5.41) is 19.4. The highest BCUT2D eigenvalue weighted by atomic mass is 16.5. The molecule has 1 aromatic carbocycles. The molecule has 0 bridgehead atoms. The first-order valence-electron chi connectivity index (χ1n) is 6.31. The molecule has 3 heteroatoms. The Hall–Kier alpha value is -1.06. The van der Waals surface area contributed by atoms with Crippen LogP contribution in [0.1, 0.15) is 44.9 Å². The van der Waals surface area contributed by atoms with Gasteiger partial charge in [-0.25, -0.2) is 0 Å². The summed E-state index contributed by atoms with van der Waals surface area (Å²) in [6.45, 7) is 9.88. The molecule has 1 unspecified atom stereocenters. The summed E-state index contributed by atoms with van der Waals surface area (Å²) < 4.78 is 5.63. The van der Waals surface area contributed by atoms with E-state index in [4.69, 9.17) is 4.74 Å². The molecule has 0 aliphatic carbocycles. The molecule has 0 aliphatic heterocycles. The van der Waals surface area contributed by atoms with Crippen LogP contribution in [0.4, 0.5) is 0 Å². The van der Waals surface area contributed by atoms with Crippen LogP contribution in [0.25, 0.3) is 0 Å². The molecule has 0 spiro atoms. The monoisotopic (exact) mass is 252 g/mol. The van der Waals surface area contributed by atoms with E-state index in [9.17, 15) is 10.2 Å². The average molecular weight is 252 g/mol. The predicted octanol–water partition coefficient (Wildman–Crippen LogP) is 2.83. The maximum absolute atomic E-state index is 9.92. The van der Waals surface area contributed by atoms with Crippen molar-refractivity contribution in [2.45, 2.75) is 46.8 Å². The van der Waals surface area contributed by atoms with Gasteiger partial charge in [0.1, 0.15) is 12.4 Å². The topological polar surface area (TPSA) is 49.7 Å². The molecule has 0 heterocycles. The molecule has 1 aromatic rings. The van der Waals surface area contributed by atoms with E-state index in [1.54, 1.807) is 6.92 Å². The minimum Gasteiger partial charge on any atom is -0.491 e. The van der Waals surface area contributed by atoms with Gasteiger partial charge in [0, 0.05) is 0 Å². The number of hydrogen-bond acceptors (Lipinski definition) is 3. The number of rotatable bonds is 4. The van der Waals surface area contributed by atoms with Crippen molar-refractivity contribution in [2.75, 3.05) is 6.61 Å². The van der Waals surface area contributed by atoms with Crippen molar-refractivity contribution in [1.29, 1.82) is 0 Å². The van der Waals surface area contributed by atoms with Crippen molar-refractivity contribution >= 4 is 0 Å². The second-order valence-electron chi connectivity index (χ2n) is 5.89. The molecule has 18 heavy (non-hydrogen) atoms. The van der Waals surface area contributed by atoms with Gasteiger partial charge in [0.15, 0.2) is 0 Å². The molecular formula is C15H24O3. The van der Waals surface area contributed by atoms with Crippen molar-refractivity contribution < 1.29 is 14.9 Å². The Balaban J connectivity index is 2.69. The summed E-state index contributed by atoms with van der Waals surface area (Å²) in [6.07, 6.45) is -0.980. The van der Waals surface area contributed by atoms with E-state index in [-0.39, 0.29) is 12.0 Å². The fraction of sp³-hybridized carbons (Fsp3) is 0.600. The predicted molar refractivity (Wildman–Crippen MR) is 72.8 cm³/mol. The zero-order valence-electron chi connectivity index (χ0n) is 11.9. The average Bonchev–Trinajstić information content (AvgIpc) is 2.25. The van der Waals surface area contributed by atoms with Gasteiger partial charge < -0.3 is 14.9 Å². The summed E-state index contributed by atoms with van der Waals surface area (Å²) in [5.41, 5.74) is 1.65. The van der Waals surface area contributed by atoms with Crippen LogP contribution in [-0.4, -0.2) is 22.9 Å². The lowest BCUT2D eigenvalue weighted by molar-refractivity contribution is 0.0216. The number of ether oxygens (including phenoxy) is 1. The Labute approximate surface area is 109 Å². The van der Waals surface area contributed by atoms with Crippen LogP contribution in [0.3, 0.4) is 0 Å². The fourth-order valence-electron chi connectivity index (χ4n) is 1.51. The van der Waals surface area contributed by atoms with E-state index >= 15 is 0 Å². The molecule has 1 rings (SSSR count). The molecular weight excluding hydrogens is 228 g/mol. The normalized spacial score (nSPS) is 15.3. The van der Waals surface area contributed by atoms with Crippen LogP contribution in [0.2, 0.25) is 0 Å². The second-order valence-corrected chi connectivity index (χ2v) is 5.89. The summed E-state index contributed by atoms with van der Waals surface area (Å²) in [4.78, 5) is 0. The molecule has 102 valence electrons. The Morgan fingerprint density at radius 3 is 2.28 bits per heavy atom. The third-order valence-electron chi connectivity index (χ3n) is 3.08. The van der Waals surface area contributed by atoms with E-state index in [2.05, 4.69) is 0 Å². The number of aryl methyl sites for hydroxylation is 1. The van der Waals surface area contributed by atoms with Crippen molar-refractivity contribution in [2.24, 2.45) is 5.41 Å². The molecule has 3 nitrogen and oxygen atoms in total. The molecule has 2 atom stereocenters. The van der Waals surface area contributed by atoms with Crippen LogP contribution in [-0.2, 0) is 0 Å².